The first-order valence-corrected chi connectivity index (χ1v) is 6.72. The fourth-order valence-corrected chi connectivity index (χ4v) is 2.09. The van der Waals surface area contributed by atoms with Gasteiger partial charge in [0.2, 0.25) is 5.95 Å². The Bertz CT molecular complexity index is 377. The monoisotopic (exact) mass is 250 g/mol. The standard InChI is InChI=1S/C13H22N4O/c1-3-14-13-16-9-10(2)12(17-13)15-7-6-11-5-4-8-18-11/h9,11H,3-8H2,1-2H3,(H2,14,15,16,17). The molecule has 2 N–H and O–H groups in total. The van der Waals surface area contributed by atoms with Gasteiger partial charge in [0.15, 0.2) is 0 Å². The zero-order valence-corrected chi connectivity index (χ0v) is 11.2. The molecule has 0 saturated carbocycles. The molecule has 5 nitrogen and oxygen atoms in total. The van der Waals surface area contributed by atoms with Crippen LogP contribution in [0.15, 0.2) is 6.20 Å². The van der Waals surface area contributed by atoms with Crippen LogP contribution >= 0.6 is 0 Å². The molecule has 1 aromatic heterocycles. The van der Waals surface area contributed by atoms with Gasteiger partial charge in [-0.05, 0) is 33.1 Å². The number of hydrogen-bond donors (Lipinski definition) is 2. The van der Waals surface area contributed by atoms with Crippen molar-refractivity contribution >= 4 is 11.8 Å². The summed E-state index contributed by atoms with van der Waals surface area (Å²) in [5.41, 5.74) is 1.07. The van der Waals surface area contributed by atoms with Gasteiger partial charge in [0.25, 0.3) is 0 Å². The van der Waals surface area contributed by atoms with Gasteiger partial charge >= 0.3 is 0 Å². The van der Waals surface area contributed by atoms with E-state index in [0.29, 0.717) is 12.1 Å². The highest BCUT2D eigenvalue weighted by molar-refractivity contribution is 5.46. The molecule has 1 aliphatic rings. The van der Waals surface area contributed by atoms with Crippen LogP contribution in [-0.4, -0.2) is 35.8 Å². The number of ether oxygens (including phenoxy) is 1. The summed E-state index contributed by atoms with van der Waals surface area (Å²) in [5, 5.41) is 6.49. The van der Waals surface area contributed by atoms with E-state index in [9.17, 15) is 0 Å². The van der Waals surface area contributed by atoms with Crippen molar-refractivity contribution in [1.29, 1.82) is 0 Å². The average molecular weight is 250 g/mol. The van der Waals surface area contributed by atoms with E-state index in [0.717, 1.165) is 37.5 Å². The van der Waals surface area contributed by atoms with Crippen LogP contribution < -0.4 is 10.6 Å². The molecule has 0 bridgehead atoms. The molecule has 1 aliphatic heterocycles. The second-order valence-electron chi connectivity index (χ2n) is 4.61. The molecule has 0 spiro atoms. The van der Waals surface area contributed by atoms with Gasteiger partial charge in [0.05, 0.1) is 6.10 Å². The second kappa shape index (κ2) is 6.54. The summed E-state index contributed by atoms with van der Waals surface area (Å²) in [7, 11) is 0. The van der Waals surface area contributed by atoms with Crippen molar-refractivity contribution in [3.63, 3.8) is 0 Å². The Kier molecular flexibility index (Phi) is 4.75. The molecule has 18 heavy (non-hydrogen) atoms. The summed E-state index contributed by atoms with van der Waals surface area (Å²) in [6.07, 6.45) is 5.70. The van der Waals surface area contributed by atoms with Gasteiger partial charge in [-0.15, -0.1) is 0 Å². The van der Waals surface area contributed by atoms with E-state index in [1.807, 2.05) is 20.0 Å². The lowest BCUT2D eigenvalue weighted by Crippen LogP contribution is -2.14. The Morgan fingerprint density at radius 1 is 1.44 bits per heavy atom. The Hall–Kier alpha value is -1.36. The zero-order valence-electron chi connectivity index (χ0n) is 11.2. The molecular formula is C13H22N4O. The molecule has 0 aromatic carbocycles. The largest absolute Gasteiger partial charge is 0.378 e. The smallest absolute Gasteiger partial charge is 0.224 e. The molecule has 0 aliphatic carbocycles. The summed E-state index contributed by atoms with van der Waals surface area (Å²) < 4.78 is 5.60. The van der Waals surface area contributed by atoms with Crippen molar-refractivity contribution in [3.8, 4) is 0 Å². The Morgan fingerprint density at radius 3 is 3.06 bits per heavy atom. The van der Waals surface area contributed by atoms with Gasteiger partial charge in [0.1, 0.15) is 5.82 Å². The molecule has 2 heterocycles. The van der Waals surface area contributed by atoms with E-state index < -0.39 is 0 Å². The first kappa shape index (κ1) is 13.1. The van der Waals surface area contributed by atoms with Crippen LogP contribution in [-0.2, 0) is 4.74 Å². The molecule has 1 atom stereocenters. The van der Waals surface area contributed by atoms with Crippen molar-refractivity contribution in [2.24, 2.45) is 0 Å². The van der Waals surface area contributed by atoms with Gasteiger partial charge in [-0.1, -0.05) is 0 Å². The molecule has 5 heteroatoms. The Labute approximate surface area is 108 Å². The summed E-state index contributed by atoms with van der Waals surface area (Å²) in [4.78, 5) is 8.68. The zero-order chi connectivity index (χ0) is 12.8. The fourth-order valence-electron chi connectivity index (χ4n) is 2.09. The molecule has 1 aromatic rings. The third kappa shape index (κ3) is 3.57. The molecule has 2 rings (SSSR count). The van der Waals surface area contributed by atoms with Crippen LogP contribution in [0.2, 0.25) is 0 Å². The second-order valence-corrected chi connectivity index (χ2v) is 4.61. The van der Waals surface area contributed by atoms with E-state index in [4.69, 9.17) is 4.74 Å². The molecule has 100 valence electrons. The average Bonchev–Trinajstić information content (AvgIpc) is 2.86. The summed E-state index contributed by atoms with van der Waals surface area (Å²) in [6, 6.07) is 0. The molecule has 1 saturated heterocycles. The maximum atomic E-state index is 5.60. The normalized spacial score (nSPS) is 18.9. The Morgan fingerprint density at radius 2 is 2.33 bits per heavy atom. The Balaban J connectivity index is 1.85. The van der Waals surface area contributed by atoms with Crippen LogP contribution in [0.25, 0.3) is 0 Å². The van der Waals surface area contributed by atoms with E-state index in [2.05, 4.69) is 20.6 Å². The summed E-state index contributed by atoms with van der Waals surface area (Å²) in [5.74, 6) is 1.60. The quantitative estimate of drug-likeness (QED) is 0.810. The SMILES string of the molecule is CCNc1ncc(C)c(NCCC2CCCO2)n1. The minimum Gasteiger partial charge on any atom is -0.378 e. The van der Waals surface area contributed by atoms with Crippen LogP contribution in [0.5, 0.6) is 0 Å². The van der Waals surface area contributed by atoms with Crippen LogP contribution in [0.1, 0.15) is 31.7 Å². The first-order chi connectivity index (χ1) is 8.79. The van der Waals surface area contributed by atoms with Gasteiger partial charge in [-0.2, -0.15) is 4.98 Å². The van der Waals surface area contributed by atoms with E-state index in [-0.39, 0.29) is 0 Å². The summed E-state index contributed by atoms with van der Waals surface area (Å²) >= 11 is 0. The van der Waals surface area contributed by atoms with Gasteiger partial charge in [-0.25, -0.2) is 4.98 Å². The van der Waals surface area contributed by atoms with Crippen molar-refractivity contribution in [2.45, 2.75) is 39.2 Å². The predicted molar refractivity (Wildman–Crippen MR) is 73.0 cm³/mol. The minimum absolute atomic E-state index is 0.424. The molecular weight excluding hydrogens is 228 g/mol. The topological polar surface area (TPSA) is 59.1 Å². The third-order valence-corrected chi connectivity index (χ3v) is 3.09. The lowest BCUT2D eigenvalue weighted by Gasteiger charge is -2.12. The lowest BCUT2D eigenvalue weighted by atomic mass is 10.2. The molecule has 1 unspecified atom stereocenters. The maximum absolute atomic E-state index is 5.60. The van der Waals surface area contributed by atoms with Crippen molar-refractivity contribution in [1.82, 2.24) is 9.97 Å². The van der Waals surface area contributed by atoms with Crippen LogP contribution in [0, 0.1) is 6.92 Å². The highest BCUT2D eigenvalue weighted by Crippen LogP contribution is 2.16. The van der Waals surface area contributed by atoms with Crippen molar-refractivity contribution in [2.75, 3.05) is 30.3 Å². The number of hydrogen-bond acceptors (Lipinski definition) is 5. The molecule has 1 fully saturated rings. The number of aryl methyl sites for hydroxylation is 1. The highest BCUT2D eigenvalue weighted by atomic mass is 16.5. The van der Waals surface area contributed by atoms with Crippen LogP contribution in [0.3, 0.4) is 0 Å². The number of aromatic nitrogens is 2. The number of rotatable bonds is 6. The molecule has 0 amide bonds. The third-order valence-electron chi connectivity index (χ3n) is 3.09. The lowest BCUT2D eigenvalue weighted by molar-refractivity contribution is 0.107. The fraction of sp³-hybridized carbons (Fsp3) is 0.692. The predicted octanol–water partition coefficient (Wildman–Crippen LogP) is 2.20. The van der Waals surface area contributed by atoms with E-state index >= 15 is 0 Å². The summed E-state index contributed by atoms with van der Waals surface area (Å²) in [6.45, 7) is 6.70. The molecule has 0 radical (unpaired) electrons. The van der Waals surface area contributed by atoms with Crippen molar-refractivity contribution in [3.05, 3.63) is 11.8 Å². The van der Waals surface area contributed by atoms with Crippen LogP contribution in [0.4, 0.5) is 11.8 Å². The minimum atomic E-state index is 0.424. The maximum Gasteiger partial charge on any atom is 0.224 e. The number of anilines is 2. The first-order valence-electron chi connectivity index (χ1n) is 6.72. The van der Waals surface area contributed by atoms with Gasteiger partial charge in [-0.3, -0.25) is 0 Å². The van der Waals surface area contributed by atoms with Crippen molar-refractivity contribution < 1.29 is 4.74 Å². The van der Waals surface area contributed by atoms with Gasteiger partial charge < -0.3 is 15.4 Å². The van der Waals surface area contributed by atoms with E-state index in [1.54, 1.807) is 0 Å². The number of nitrogens with one attached hydrogen (secondary N) is 2. The van der Waals surface area contributed by atoms with Gasteiger partial charge in [0, 0.05) is 31.5 Å². The highest BCUT2D eigenvalue weighted by Gasteiger charge is 2.14. The van der Waals surface area contributed by atoms with E-state index in [1.165, 1.54) is 12.8 Å². The number of nitrogens with zero attached hydrogens (tertiary/aromatic N) is 2.